The molecule has 1 aliphatic rings. The predicted octanol–water partition coefficient (Wildman–Crippen LogP) is -1.82. The van der Waals surface area contributed by atoms with Crippen LogP contribution in [0.4, 0.5) is 8.78 Å². The van der Waals surface area contributed by atoms with Crippen molar-refractivity contribution >= 4 is 65.0 Å². The van der Waals surface area contributed by atoms with Crippen molar-refractivity contribution in [2.24, 2.45) is 28.9 Å². The number of nitrogens with two attached hydrogens (primary N) is 1. The number of nitrogens with zero attached hydrogens (tertiary/aromatic N) is 2. The topological polar surface area (TPSA) is 436 Å². The molecule has 3 rings (SSSR count). The van der Waals surface area contributed by atoms with Crippen LogP contribution in [0.3, 0.4) is 0 Å². The first-order chi connectivity index (χ1) is 40.1. The Morgan fingerprint density at radius 2 is 1.24 bits per heavy atom. The predicted molar refractivity (Wildman–Crippen MR) is 306 cm³/mol. The highest BCUT2D eigenvalue weighted by Gasteiger charge is 2.44. The average molecular weight is 1220 g/mol. The lowest BCUT2D eigenvalue weighted by Gasteiger charge is -2.37. The van der Waals surface area contributed by atoms with Gasteiger partial charge in [-0.2, -0.15) is 4.39 Å². The molecule has 0 unspecified atom stereocenters. The van der Waals surface area contributed by atoms with E-state index in [1.165, 1.54) is 33.4 Å². The second-order valence-corrected chi connectivity index (χ2v) is 23.8. The van der Waals surface area contributed by atoms with Crippen molar-refractivity contribution in [2.45, 2.75) is 200 Å². The second-order valence-electron chi connectivity index (χ2n) is 23.8. The van der Waals surface area contributed by atoms with Crippen molar-refractivity contribution in [3.63, 3.8) is 0 Å². The molecule has 0 saturated heterocycles. The third-order valence-corrected chi connectivity index (χ3v) is 14.6. The molecule has 0 aromatic carbocycles. The van der Waals surface area contributed by atoms with Gasteiger partial charge in [-0.25, -0.2) is 14.4 Å². The fourth-order valence-corrected chi connectivity index (χ4v) is 9.49. The van der Waals surface area contributed by atoms with Crippen molar-refractivity contribution < 1.29 is 76.8 Å². The van der Waals surface area contributed by atoms with Gasteiger partial charge >= 0.3 is 0 Å². The molecule has 480 valence electrons. The number of hydrogen-bond donors (Lipinski definition) is 15. The van der Waals surface area contributed by atoms with Gasteiger partial charge in [-0.05, 0) is 75.7 Å². The van der Waals surface area contributed by atoms with E-state index < -0.39 is 185 Å². The summed E-state index contributed by atoms with van der Waals surface area (Å²) in [6.07, 6.45) is 3.87. The zero-order valence-electron chi connectivity index (χ0n) is 50.7. The number of aliphatic hydroxyl groups excluding tert-OH is 2. The lowest BCUT2D eigenvalue weighted by Crippen LogP contribution is -2.66. The number of likely N-dealkylation sites (N-methyl/N-ethyl adjacent to an activating group) is 1. The minimum Gasteiger partial charge on any atom is -0.394 e. The number of pyridine rings is 1. The molecular weight excluding hydrogens is 1130 g/mol. The number of imidazole rings is 1. The minimum absolute atomic E-state index is 0.0340. The molecule has 16 N–H and O–H groups in total. The van der Waals surface area contributed by atoms with E-state index in [2.05, 4.69) is 68.1 Å². The Morgan fingerprint density at radius 3 is 1.78 bits per heavy atom. The number of rotatable bonds is 32. The number of halogens is 2. The smallest absolute Gasteiger partial charge is 0.255 e. The van der Waals surface area contributed by atoms with Gasteiger partial charge in [0.15, 0.2) is 5.82 Å². The summed E-state index contributed by atoms with van der Waals surface area (Å²) >= 11 is 0. The molecule has 2 aromatic rings. The van der Waals surface area contributed by atoms with Crippen molar-refractivity contribution in [2.75, 3.05) is 13.7 Å². The lowest BCUT2D eigenvalue weighted by molar-refractivity contribution is -0.141. The van der Waals surface area contributed by atoms with E-state index in [0.29, 0.717) is 25.7 Å². The van der Waals surface area contributed by atoms with Gasteiger partial charge in [-0.3, -0.25) is 52.7 Å². The molecule has 30 heteroatoms. The fraction of sp³-hybridized carbons (Fsp3) is 0.661. The molecule has 0 aliphatic heterocycles. The summed E-state index contributed by atoms with van der Waals surface area (Å²) in [5, 5.41) is 57.1. The number of nitrogens with one attached hydrogen (secondary N) is 11. The summed E-state index contributed by atoms with van der Waals surface area (Å²) in [5.41, 5.74) is 1.82. The van der Waals surface area contributed by atoms with Crippen molar-refractivity contribution in [1.82, 2.24) is 68.1 Å². The number of aliphatic hydroxyl groups is 3. The van der Waals surface area contributed by atoms with Crippen LogP contribution in [0.15, 0.2) is 24.8 Å². The standard InChI is InChI=1S/C56H88F2N14O14/c1-12-28(4)39(68-54(85)43(56(9,10)86)72-52(83)41(30-16-14-13-15-17-30)70-53(84)42(55(6,7)8)71-45(76)32-20-21-62-44(58)38(32)57)50(81)69-40(29(5)74)51(82)64-33(18-19-37(59)75)47(78)66-35(23-31-24-61-26-63-31)49(80)65-34(22-27(2)3)48(79)67-36(25-73)46(77)60-11/h20-21,24,26-30,33-36,39-43,73-74,86H,12-19,22-23,25H2,1-11H3,(H2,59,75)(H,60,77)(H,61,63)(H,64,82)(H,65,80)(H,66,78)(H,67,79)(H,68,85)(H,69,81)(H,70,84)(H,71,76)(H,72,83)/t28-,29+,33-,34+,35-,36-,39-,40-,41-,42+,43+/m0/s1. The molecule has 28 nitrogen and oxygen atoms in total. The van der Waals surface area contributed by atoms with Crippen LogP contribution in [0.2, 0.25) is 0 Å². The highest BCUT2D eigenvalue weighted by atomic mass is 19.2. The molecule has 86 heavy (non-hydrogen) atoms. The maximum atomic E-state index is 14.7. The fourth-order valence-electron chi connectivity index (χ4n) is 9.49. The van der Waals surface area contributed by atoms with E-state index in [-0.39, 0.29) is 30.9 Å². The highest BCUT2D eigenvalue weighted by Crippen LogP contribution is 2.29. The second kappa shape index (κ2) is 33.2. The summed E-state index contributed by atoms with van der Waals surface area (Å²) in [7, 11) is 1.30. The summed E-state index contributed by atoms with van der Waals surface area (Å²) < 4.78 is 28.7. The molecule has 11 atom stereocenters. The number of hydrogen-bond acceptors (Lipinski definition) is 16. The Kier molecular flexibility index (Phi) is 28.0. The Bertz CT molecular complexity index is 2680. The van der Waals surface area contributed by atoms with E-state index in [1.54, 1.807) is 48.5 Å². The summed E-state index contributed by atoms with van der Waals surface area (Å²) in [6, 6.07) is -13.1. The Labute approximate surface area is 498 Å². The number of H-pyrrole nitrogens is 1. The van der Waals surface area contributed by atoms with Gasteiger partial charge in [-0.1, -0.05) is 74.1 Å². The van der Waals surface area contributed by atoms with E-state index in [0.717, 1.165) is 25.6 Å². The van der Waals surface area contributed by atoms with E-state index >= 15 is 0 Å². The molecule has 0 radical (unpaired) electrons. The van der Waals surface area contributed by atoms with E-state index in [4.69, 9.17) is 5.73 Å². The van der Waals surface area contributed by atoms with E-state index in [1.807, 2.05) is 0 Å². The van der Waals surface area contributed by atoms with Crippen LogP contribution < -0.4 is 58.9 Å². The zero-order valence-corrected chi connectivity index (χ0v) is 50.7. The maximum absolute atomic E-state index is 14.7. The first-order valence-electron chi connectivity index (χ1n) is 28.7. The SMILES string of the molecule is CC[C@H](C)[C@H](NC(=O)[C@@H](NC(=O)[C@@H](NC(=O)[C@@H](NC(=O)c1ccnc(F)c1F)C(C)(C)C)C1CCCCC1)C(C)(C)O)C(=O)N[C@H](C(=O)N[C@@H](CCC(N)=O)C(=O)N[C@@H](Cc1c[nH]cn1)C(=O)N[C@H](CC(C)C)C(=O)N[C@@H](CO)C(=O)NC)[C@@H](C)O. The Hall–Kier alpha value is -7.73. The number of aromatic nitrogens is 3. The molecule has 1 saturated carbocycles. The molecular formula is C56H88F2N14O14. The highest BCUT2D eigenvalue weighted by molar-refractivity contribution is 6.01. The summed E-state index contributed by atoms with van der Waals surface area (Å²) in [6.45, 7) is 14.3. The van der Waals surface area contributed by atoms with Crippen LogP contribution in [0.5, 0.6) is 0 Å². The van der Waals surface area contributed by atoms with Crippen LogP contribution in [0.1, 0.15) is 143 Å². The van der Waals surface area contributed by atoms with Gasteiger partial charge in [0.1, 0.15) is 54.4 Å². The number of aromatic amines is 1. The van der Waals surface area contributed by atoms with Gasteiger partial charge < -0.3 is 79.2 Å². The molecule has 0 spiro atoms. The van der Waals surface area contributed by atoms with Crippen molar-refractivity contribution in [3.05, 3.63) is 47.8 Å². The maximum Gasteiger partial charge on any atom is 0.255 e. The number of carbonyl (C=O) groups excluding carboxylic acids is 11. The normalized spacial score (nSPS) is 16.8. The van der Waals surface area contributed by atoms with Gasteiger partial charge in [0, 0.05) is 32.3 Å². The molecule has 0 bridgehead atoms. The van der Waals surface area contributed by atoms with E-state index in [9.17, 15) is 76.8 Å². The van der Waals surface area contributed by atoms with Gasteiger partial charge in [0.2, 0.25) is 65.0 Å². The Balaban J connectivity index is 1.92. The monoisotopic (exact) mass is 1220 g/mol. The van der Waals surface area contributed by atoms with Crippen LogP contribution >= 0.6 is 0 Å². The molecule has 1 fully saturated rings. The number of primary amides is 1. The first-order valence-corrected chi connectivity index (χ1v) is 28.7. The third kappa shape index (κ3) is 22.0. The van der Waals surface area contributed by atoms with Gasteiger partial charge in [0.05, 0.1) is 35.9 Å². The van der Waals surface area contributed by atoms with Crippen LogP contribution in [0, 0.1) is 34.9 Å². The number of carbonyl (C=O) groups is 11. The summed E-state index contributed by atoms with van der Waals surface area (Å²) in [5.74, 6) is -15.3. The minimum atomic E-state index is -2.08. The largest absolute Gasteiger partial charge is 0.394 e. The molecule has 2 aromatic heterocycles. The van der Waals surface area contributed by atoms with Gasteiger partial charge in [-0.15, -0.1) is 0 Å². The van der Waals surface area contributed by atoms with Crippen molar-refractivity contribution in [1.29, 1.82) is 0 Å². The van der Waals surface area contributed by atoms with Crippen LogP contribution in [0.25, 0.3) is 0 Å². The average Bonchev–Trinajstić information content (AvgIpc) is 2.49. The molecule has 1 aliphatic carbocycles. The lowest BCUT2D eigenvalue weighted by atomic mass is 9.82. The number of amides is 11. The first kappa shape index (κ1) is 72.5. The Morgan fingerprint density at radius 1 is 0.686 bits per heavy atom. The molecule has 11 amide bonds. The quantitative estimate of drug-likeness (QED) is 0.0359. The van der Waals surface area contributed by atoms with Gasteiger partial charge in [0.25, 0.3) is 5.91 Å². The summed E-state index contributed by atoms with van der Waals surface area (Å²) in [4.78, 5) is 161. The van der Waals surface area contributed by atoms with Crippen LogP contribution in [-0.2, 0) is 54.4 Å². The van der Waals surface area contributed by atoms with Crippen LogP contribution in [-0.4, -0.2) is 175 Å². The van der Waals surface area contributed by atoms with Crippen molar-refractivity contribution in [3.8, 4) is 0 Å². The third-order valence-electron chi connectivity index (χ3n) is 14.6. The zero-order chi connectivity index (χ0) is 65.0. The molecule has 2 heterocycles.